The average Bonchev–Trinajstić information content (AvgIpc) is 3.30. The first kappa shape index (κ1) is 19.5. The van der Waals surface area contributed by atoms with E-state index in [2.05, 4.69) is 4.99 Å². The van der Waals surface area contributed by atoms with Crippen LogP contribution >= 0.6 is 0 Å². The smallest absolute Gasteiger partial charge is 0.277 e. The van der Waals surface area contributed by atoms with Gasteiger partial charge in [-0.3, -0.25) is 14.5 Å². The molecule has 1 aromatic rings. The van der Waals surface area contributed by atoms with E-state index in [1.54, 1.807) is 30.2 Å². The topological polar surface area (TPSA) is 71.4 Å². The Morgan fingerprint density at radius 3 is 2.69 bits per heavy atom. The minimum absolute atomic E-state index is 0.00209. The van der Waals surface area contributed by atoms with Crippen molar-refractivity contribution < 1.29 is 19.1 Å². The molecule has 29 heavy (non-hydrogen) atoms. The molecular weight excluding hydrogens is 370 g/mol. The van der Waals surface area contributed by atoms with Gasteiger partial charge in [0, 0.05) is 26.1 Å². The van der Waals surface area contributed by atoms with Gasteiger partial charge in [0.2, 0.25) is 0 Å². The summed E-state index contributed by atoms with van der Waals surface area (Å²) in [5.74, 6) is 1.89. The summed E-state index contributed by atoms with van der Waals surface area (Å²) < 4.78 is 11.1. The molecule has 0 atom stereocenters. The number of amides is 2. The fourth-order valence-corrected chi connectivity index (χ4v) is 4.00. The van der Waals surface area contributed by atoms with Gasteiger partial charge in [-0.05, 0) is 49.5 Å². The number of rotatable bonds is 5. The van der Waals surface area contributed by atoms with Crippen LogP contribution in [0.4, 0.5) is 0 Å². The summed E-state index contributed by atoms with van der Waals surface area (Å²) in [4.78, 5) is 33.0. The highest BCUT2D eigenvalue weighted by Gasteiger charge is 2.30. The first-order valence-corrected chi connectivity index (χ1v) is 10.4. The molecule has 0 bridgehead atoms. The van der Waals surface area contributed by atoms with E-state index < -0.39 is 0 Å². The van der Waals surface area contributed by atoms with Gasteiger partial charge in [-0.15, -0.1) is 0 Å². The van der Waals surface area contributed by atoms with Crippen molar-refractivity contribution in [2.75, 3.05) is 33.4 Å². The molecule has 3 aliphatic heterocycles. The number of fused-ring (bicyclic) bond motifs is 1. The molecule has 0 N–H and O–H groups in total. The Morgan fingerprint density at radius 2 is 1.90 bits per heavy atom. The normalized spacial score (nSPS) is 20.5. The molecule has 0 spiro atoms. The average molecular weight is 397 g/mol. The third-order valence-electron chi connectivity index (χ3n) is 5.61. The van der Waals surface area contributed by atoms with Crippen LogP contribution in [0.25, 0.3) is 6.08 Å². The van der Waals surface area contributed by atoms with Crippen LogP contribution in [0.15, 0.2) is 28.9 Å². The van der Waals surface area contributed by atoms with E-state index in [0.29, 0.717) is 17.2 Å². The lowest BCUT2D eigenvalue weighted by atomic mass is 10.1. The standard InChI is InChI=1S/C22H27N3O4/c1-28-19-14-16(8-9-18(19)29-15-21(26)24-10-5-6-11-24)13-17-22(27)25-12-4-2-3-7-20(25)23-17/h8-9,13-14H,2-7,10-12,15H2,1H3. The van der Waals surface area contributed by atoms with E-state index in [1.807, 2.05) is 11.0 Å². The second kappa shape index (κ2) is 8.68. The SMILES string of the molecule is COc1cc(C=C2N=C3CCCCCN3C2=O)ccc1OCC(=O)N1CCCC1. The van der Waals surface area contributed by atoms with Crippen LogP contribution in [0.2, 0.25) is 0 Å². The number of methoxy groups -OCH3 is 1. The first-order valence-electron chi connectivity index (χ1n) is 10.4. The third kappa shape index (κ3) is 4.28. The van der Waals surface area contributed by atoms with Crippen LogP contribution in [-0.2, 0) is 9.59 Å². The van der Waals surface area contributed by atoms with Crippen molar-refractivity contribution in [3.8, 4) is 11.5 Å². The Balaban J connectivity index is 1.47. The maximum absolute atomic E-state index is 12.7. The third-order valence-corrected chi connectivity index (χ3v) is 5.61. The molecule has 4 rings (SSSR count). The van der Waals surface area contributed by atoms with Gasteiger partial charge in [0.05, 0.1) is 7.11 Å². The van der Waals surface area contributed by atoms with Crippen LogP contribution in [-0.4, -0.2) is 60.8 Å². The van der Waals surface area contributed by atoms with Gasteiger partial charge in [0.1, 0.15) is 11.5 Å². The van der Waals surface area contributed by atoms with Crippen molar-refractivity contribution in [3.63, 3.8) is 0 Å². The first-order chi connectivity index (χ1) is 14.2. The van der Waals surface area contributed by atoms with Crippen LogP contribution in [0.1, 0.15) is 44.1 Å². The van der Waals surface area contributed by atoms with Crippen LogP contribution in [0, 0.1) is 0 Å². The number of ether oxygens (including phenoxy) is 2. The maximum Gasteiger partial charge on any atom is 0.277 e. The molecule has 3 aliphatic rings. The van der Waals surface area contributed by atoms with Crippen molar-refractivity contribution in [3.05, 3.63) is 29.5 Å². The number of carbonyl (C=O) groups excluding carboxylic acids is 2. The molecule has 7 nitrogen and oxygen atoms in total. The molecule has 3 heterocycles. The summed E-state index contributed by atoms with van der Waals surface area (Å²) in [6.45, 7) is 2.35. The second-order valence-electron chi connectivity index (χ2n) is 7.61. The molecule has 1 aromatic carbocycles. The summed E-state index contributed by atoms with van der Waals surface area (Å²) in [5.41, 5.74) is 1.27. The minimum Gasteiger partial charge on any atom is -0.493 e. The molecule has 2 amide bonds. The lowest BCUT2D eigenvalue weighted by molar-refractivity contribution is -0.132. The number of likely N-dealkylation sites (tertiary alicyclic amines) is 1. The highest BCUT2D eigenvalue weighted by molar-refractivity contribution is 6.14. The summed E-state index contributed by atoms with van der Waals surface area (Å²) in [5, 5.41) is 0. The molecule has 154 valence electrons. The highest BCUT2D eigenvalue weighted by Crippen LogP contribution is 2.30. The number of hydrogen-bond acceptors (Lipinski definition) is 5. The maximum atomic E-state index is 12.7. The number of nitrogens with zero attached hydrogens (tertiary/aromatic N) is 3. The summed E-state index contributed by atoms with van der Waals surface area (Å²) in [6.07, 6.45) is 7.98. The fraction of sp³-hybridized carbons (Fsp3) is 0.500. The molecule has 0 unspecified atom stereocenters. The zero-order valence-electron chi connectivity index (χ0n) is 16.9. The van der Waals surface area contributed by atoms with Crippen molar-refractivity contribution in [2.24, 2.45) is 4.99 Å². The summed E-state index contributed by atoms with van der Waals surface area (Å²) in [6, 6.07) is 5.43. The zero-order chi connectivity index (χ0) is 20.2. The Hall–Kier alpha value is -2.83. The van der Waals surface area contributed by atoms with Crippen molar-refractivity contribution in [1.82, 2.24) is 9.80 Å². The predicted octanol–water partition coefficient (Wildman–Crippen LogP) is 2.85. The van der Waals surface area contributed by atoms with Gasteiger partial charge >= 0.3 is 0 Å². The summed E-state index contributed by atoms with van der Waals surface area (Å²) in [7, 11) is 1.56. The Morgan fingerprint density at radius 1 is 1.10 bits per heavy atom. The van der Waals surface area contributed by atoms with Gasteiger partial charge in [0.25, 0.3) is 11.8 Å². The minimum atomic E-state index is -0.0302. The Bertz CT molecular complexity index is 856. The number of hydrogen-bond donors (Lipinski definition) is 0. The number of amidine groups is 1. The van der Waals surface area contributed by atoms with E-state index in [1.165, 1.54) is 0 Å². The van der Waals surface area contributed by atoms with Crippen LogP contribution < -0.4 is 9.47 Å². The molecule has 0 saturated carbocycles. The van der Waals surface area contributed by atoms with Gasteiger partial charge in [-0.2, -0.15) is 0 Å². The van der Waals surface area contributed by atoms with Gasteiger partial charge in [0.15, 0.2) is 18.1 Å². The van der Waals surface area contributed by atoms with Crippen molar-refractivity contribution >= 4 is 23.7 Å². The van der Waals surface area contributed by atoms with E-state index in [9.17, 15) is 9.59 Å². The number of benzene rings is 1. The largest absolute Gasteiger partial charge is 0.493 e. The van der Waals surface area contributed by atoms with Gasteiger partial charge in [-0.25, -0.2) is 4.99 Å². The Kier molecular flexibility index (Phi) is 5.83. The van der Waals surface area contributed by atoms with Crippen molar-refractivity contribution in [2.45, 2.75) is 38.5 Å². The van der Waals surface area contributed by atoms with Crippen molar-refractivity contribution in [1.29, 1.82) is 0 Å². The molecule has 0 aromatic heterocycles. The number of carbonyl (C=O) groups is 2. The molecule has 7 heteroatoms. The predicted molar refractivity (Wildman–Crippen MR) is 110 cm³/mol. The van der Waals surface area contributed by atoms with E-state index in [0.717, 1.165) is 69.6 Å². The van der Waals surface area contributed by atoms with Gasteiger partial charge in [-0.1, -0.05) is 12.5 Å². The highest BCUT2D eigenvalue weighted by atomic mass is 16.5. The lowest BCUT2D eigenvalue weighted by Gasteiger charge is -2.16. The second-order valence-corrected chi connectivity index (χ2v) is 7.61. The Labute approximate surface area is 171 Å². The summed E-state index contributed by atoms with van der Waals surface area (Å²) >= 11 is 0. The monoisotopic (exact) mass is 397 g/mol. The molecular formula is C22H27N3O4. The fourth-order valence-electron chi connectivity index (χ4n) is 4.00. The van der Waals surface area contributed by atoms with Crippen LogP contribution in [0.3, 0.4) is 0 Å². The molecule has 0 radical (unpaired) electrons. The zero-order valence-corrected chi connectivity index (χ0v) is 16.9. The number of aliphatic imine (C=N–C) groups is 1. The van der Waals surface area contributed by atoms with E-state index in [4.69, 9.17) is 9.47 Å². The van der Waals surface area contributed by atoms with Gasteiger partial charge < -0.3 is 14.4 Å². The van der Waals surface area contributed by atoms with Crippen LogP contribution in [0.5, 0.6) is 11.5 Å². The molecule has 0 aliphatic carbocycles. The molecule has 2 fully saturated rings. The molecule has 2 saturated heterocycles. The van der Waals surface area contributed by atoms with E-state index >= 15 is 0 Å². The quantitative estimate of drug-likeness (QED) is 0.717. The lowest BCUT2D eigenvalue weighted by Crippen LogP contribution is -2.32. The van der Waals surface area contributed by atoms with E-state index in [-0.39, 0.29) is 18.4 Å².